The zero-order valence-corrected chi connectivity index (χ0v) is 13.5. The molecule has 1 saturated heterocycles. The summed E-state index contributed by atoms with van der Waals surface area (Å²) in [5.41, 5.74) is 0.126. The standard InChI is InChI=1S/C14H19BrO3S/c1-16-11-2-3-13(12(15)8-11)18-9-14(10-19)4-6-17-7-5-14/h2-3,8,19H,4-7,9-10H2,1H3. The summed E-state index contributed by atoms with van der Waals surface area (Å²) in [6, 6.07) is 5.73. The van der Waals surface area contributed by atoms with Gasteiger partial charge in [-0.1, -0.05) is 0 Å². The van der Waals surface area contributed by atoms with E-state index in [9.17, 15) is 0 Å². The van der Waals surface area contributed by atoms with E-state index in [1.54, 1.807) is 7.11 Å². The van der Waals surface area contributed by atoms with Gasteiger partial charge in [-0.05, 0) is 52.7 Å². The van der Waals surface area contributed by atoms with Crippen LogP contribution in [0.1, 0.15) is 12.8 Å². The Morgan fingerprint density at radius 2 is 2.11 bits per heavy atom. The van der Waals surface area contributed by atoms with Gasteiger partial charge in [0, 0.05) is 18.6 Å². The average molecular weight is 347 g/mol. The zero-order valence-electron chi connectivity index (χ0n) is 11.0. The fraction of sp³-hybridized carbons (Fsp3) is 0.571. The van der Waals surface area contributed by atoms with Gasteiger partial charge >= 0.3 is 0 Å². The molecule has 0 aliphatic carbocycles. The van der Waals surface area contributed by atoms with Crippen molar-refractivity contribution in [3.63, 3.8) is 0 Å². The molecule has 19 heavy (non-hydrogen) atoms. The van der Waals surface area contributed by atoms with Crippen molar-refractivity contribution in [2.45, 2.75) is 12.8 Å². The maximum Gasteiger partial charge on any atom is 0.133 e. The van der Waals surface area contributed by atoms with Gasteiger partial charge in [0.15, 0.2) is 0 Å². The van der Waals surface area contributed by atoms with Crippen LogP contribution in [0.25, 0.3) is 0 Å². The number of hydrogen-bond donors (Lipinski definition) is 1. The van der Waals surface area contributed by atoms with E-state index < -0.39 is 0 Å². The molecule has 5 heteroatoms. The first kappa shape index (κ1) is 15.0. The van der Waals surface area contributed by atoms with Gasteiger partial charge in [0.25, 0.3) is 0 Å². The summed E-state index contributed by atoms with van der Waals surface area (Å²) < 4.78 is 17.5. The van der Waals surface area contributed by atoms with Crippen molar-refractivity contribution in [2.75, 3.05) is 32.7 Å². The van der Waals surface area contributed by atoms with Crippen molar-refractivity contribution in [1.29, 1.82) is 0 Å². The Morgan fingerprint density at radius 1 is 1.37 bits per heavy atom. The van der Waals surface area contributed by atoms with Gasteiger partial charge in [0.2, 0.25) is 0 Å². The summed E-state index contributed by atoms with van der Waals surface area (Å²) in [7, 11) is 1.65. The average Bonchev–Trinajstić information content (AvgIpc) is 2.47. The highest BCUT2D eigenvalue weighted by Gasteiger charge is 2.32. The summed E-state index contributed by atoms with van der Waals surface area (Å²) in [5.74, 6) is 2.48. The van der Waals surface area contributed by atoms with Crippen molar-refractivity contribution < 1.29 is 14.2 Å². The number of hydrogen-bond acceptors (Lipinski definition) is 4. The molecule has 3 nitrogen and oxygen atoms in total. The Kier molecular flexibility index (Phi) is 5.42. The summed E-state index contributed by atoms with van der Waals surface area (Å²) in [4.78, 5) is 0. The number of rotatable bonds is 5. The molecule has 1 aromatic rings. The van der Waals surface area contributed by atoms with Crippen LogP contribution in [-0.2, 0) is 4.74 Å². The Bertz CT molecular complexity index is 419. The monoisotopic (exact) mass is 346 g/mol. The Balaban J connectivity index is 2.01. The molecule has 0 amide bonds. The number of thiol groups is 1. The van der Waals surface area contributed by atoms with Crippen LogP contribution in [0.2, 0.25) is 0 Å². The molecule has 0 spiro atoms. The third-order valence-corrected chi connectivity index (χ3v) is 4.85. The Morgan fingerprint density at radius 3 is 2.68 bits per heavy atom. The normalized spacial score (nSPS) is 18.1. The predicted octanol–water partition coefficient (Wildman–Crippen LogP) is 3.56. The molecule has 1 aliphatic rings. The van der Waals surface area contributed by atoms with Crippen molar-refractivity contribution >= 4 is 28.6 Å². The molecule has 0 aromatic heterocycles. The van der Waals surface area contributed by atoms with E-state index in [0.717, 1.165) is 47.8 Å². The topological polar surface area (TPSA) is 27.7 Å². The third kappa shape index (κ3) is 3.80. The van der Waals surface area contributed by atoms with E-state index in [1.165, 1.54) is 0 Å². The highest BCUT2D eigenvalue weighted by Crippen LogP contribution is 2.35. The maximum atomic E-state index is 5.96. The van der Waals surface area contributed by atoms with Crippen LogP contribution in [0.3, 0.4) is 0 Å². The number of halogens is 1. The van der Waals surface area contributed by atoms with Crippen LogP contribution in [0, 0.1) is 5.41 Å². The number of ether oxygens (including phenoxy) is 3. The van der Waals surface area contributed by atoms with Crippen molar-refractivity contribution in [2.24, 2.45) is 5.41 Å². The second kappa shape index (κ2) is 6.86. The molecule has 0 unspecified atom stereocenters. The SMILES string of the molecule is COc1ccc(OCC2(CS)CCOCC2)c(Br)c1. The fourth-order valence-corrected chi connectivity index (χ4v) is 2.99. The summed E-state index contributed by atoms with van der Waals surface area (Å²) in [5, 5.41) is 0. The summed E-state index contributed by atoms with van der Waals surface area (Å²) in [6.45, 7) is 2.27. The van der Waals surface area contributed by atoms with Gasteiger partial charge in [-0.3, -0.25) is 0 Å². The van der Waals surface area contributed by atoms with E-state index >= 15 is 0 Å². The van der Waals surface area contributed by atoms with E-state index in [2.05, 4.69) is 28.6 Å². The Hall–Kier alpha value is -0.390. The van der Waals surface area contributed by atoms with Gasteiger partial charge in [-0.15, -0.1) is 0 Å². The molecular weight excluding hydrogens is 328 g/mol. The smallest absolute Gasteiger partial charge is 0.133 e. The van der Waals surface area contributed by atoms with Gasteiger partial charge in [-0.25, -0.2) is 0 Å². The second-order valence-corrected chi connectivity index (χ2v) is 6.03. The van der Waals surface area contributed by atoms with Crippen LogP contribution in [0.4, 0.5) is 0 Å². The molecule has 1 fully saturated rings. The van der Waals surface area contributed by atoms with Crippen LogP contribution < -0.4 is 9.47 Å². The van der Waals surface area contributed by atoms with E-state index in [0.29, 0.717) is 6.61 Å². The van der Waals surface area contributed by atoms with Crippen LogP contribution in [0.15, 0.2) is 22.7 Å². The van der Waals surface area contributed by atoms with E-state index in [4.69, 9.17) is 14.2 Å². The zero-order chi connectivity index (χ0) is 13.7. The molecular formula is C14H19BrO3S. The van der Waals surface area contributed by atoms with Crippen LogP contribution in [0.5, 0.6) is 11.5 Å². The molecule has 0 bridgehead atoms. The molecule has 2 rings (SSSR count). The minimum absolute atomic E-state index is 0.126. The molecule has 0 atom stereocenters. The molecule has 1 aromatic carbocycles. The second-order valence-electron chi connectivity index (χ2n) is 4.86. The maximum absolute atomic E-state index is 5.96. The first-order chi connectivity index (χ1) is 9.19. The lowest BCUT2D eigenvalue weighted by molar-refractivity contribution is 0.00297. The van der Waals surface area contributed by atoms with Gasteiger partial charge < -0.3 is 14.2 Å². The lowest BCUT2D eigenvalue weighted by Crippen LogP contribution is -2.36. The predicted molar refractivity (Wildman–Crippen MR) is 82.5 cm³/mol. The lowest BCUT2D eigenvalue weighted by atomic mass is 9.83. The molecule has 106 valence electrons. The van der Waals surface area contributed by atoms with Crippen molar-refractivity contribution in [1.82, 2.24) is 0 Å². The van der Waals surface area contributed by atoms with Crippen LogP contribution in [-0.4, -0.2) is 32.7 Å². The van der Waals surface area contributed by atoms with E-state index in [1.807, 2.05) is 18.2 Å². The minimum atomic E-state index is 0.126. The third-order valence-electron chi connectivity index (χ3n) is 3.56. The quantitative estimate of drug-likeness (QED) is 0.826. The van der Waals surface area contributed by atoms with E-state index in [-0.39, 0.29) is 5.41 Å². The molecule has 0 saturated carbocycles. The summed E-state index contributed by atoms with van der Waals surface area (Å²) >= 11 is 7.99. The van der Waals surface area contributed by atoms with Gasteiger partial charge in [-0.2, -0.15) is 12.6 Å². The summed E-state index contributed by atoms with van der Waals surface area (Å²) in [6.07, 6.45) is 2.01. The molecule has 1 heterocycles. The number of benzene rings is 1. The lowest BCUT2D eigenvalue weighted by Gasteiger charge is -2.35. The highest BCUT2D eigenvalue weighted by atomic mass is 79.9. The molecule has 0 N–H and O–H groups in total. The van der Waals surface area contributed by atoms with Crippen molar-refractivity contribution in [3.05, 3.63) is 22.7 Å². The fourth-order valence-electron chi connectivity index (χ4n) is 2.11. The van der Waals surface area contributed by atoms with Gasteiger partial charge in [0.1, 0.15) is 11.5 Å². The van der Waals surface area contributed by atoms with Crippen molar-refractivity contribution in [3.8, 4) is 11.5 Å². The minimum Gasteiger partial charge on any atom is -0.497 e. The Labute approximate surface area is 128 Å². The number of methoxy groups -OCH3 is 1. The molecule has 0 radical (unpaired) electrons. The van der Waals surface area contributed by atoms with Gasteiger partial charge in [0.05, 0.1) is 18.2 Å². The largest absolute Gasteiger partial charge is 0.497 e. The first-order valence-corrected chi connectivity index (χ1v) is 7.77. The first-order valence-electron chi connectivity index (χ1n) is 6.34. The molecule has 1 aliphatic heterocycles. The van der Waals surface area contributed by atoms with Crippen LogP contribution >= 0.6 is 28.6 Å². The highest BCUT2D eigenvalue weighted by molar-refractivity contribution is 9.10.